The summed E-state index contributed by atoms with van der Waals surface area (Å²) in [6.07, 6.45) is 6.30. The molecule has 2 aliphatic carbocycles. The Kier molecular flexibility index (Phi) is 1.99. The third-order valence-electron chi connectivity index (χ3n) is 4.70. The molecular weight excluding hydrogens is 160 g/mol. The summed E-state index contributed by atoms with van der Waals surface area (Å²) in [7, 11) is 0. The zero-order valence-electron chi connectivity index (χ0n) is 9.14. The van der Waals surface area contributed by atoms with Crippen molar-refractivity contribution in [2.24, 2.45) is 17.3 Å². The van der Waals surface area contributed by atoms with Crippen LogP contribution in [0.1, 0.15) is 52.9 Å². The van der Waals surface area contributed by atoms with Crippen molar-refractivity contribution in [3.05, 3.63) is 0 Å². The maximum Gasteiger partial charge on any atom is 0.0675 e. The van der Waals surface area contributed by atoms with Gasteiger partial charge in [0.2, 0.25) is 0 Å². The van der Waals surface area contributed by atoms with Gasteiger partial charge in [0.1, 0.15) is 0 Å². The highest BCUT2D eigenvalue weighted by atomic mass is 16.3. The minimum Gasteiger partial charge on any atom is -0.390 e. The van der Waals surface area contributed by atoms with Crippen molar-refractivity contribution in [3.8, 4) is 0 Å². The summed E-state index contributed by atoms with van der Waals surface area (Å²) in [6, 6.07) is 0. The summed E-state index contributed by atoms with van der Waals surface area (Å²) in [5.74, 6) is 1.63. The van der Waals surface area contributed by atoms with Crippen LogP contribution in [0, 0.1) is 17.3 Å². The van der Waals surface area contributed by atoms with Gasteiger partial charge in [-0.15, -0.1) is 0 Å². The average molecular weight is 182 g/mol. The maximum atomic E-state index is 10.5. The molecule has 2 aliphatic rings. The smallest absolute Gasteiger partial charge is 0.0675 e. The van der Waals surface area contributed by atoms with Gasteiger partial charge in [-0.2, -0.15) is 0 Å². The Bertz CT molecular complexity index is 187. The molecular formula is C12H22O. The second-order valence-electron chi connectivity index (χ2n) is 5.46. The predicted octanol–water partition coefficient (Wildman–Crippen LogP) is 2.97. The minimum atomic E-state index is -0.435. The van der Waals surface area contributed by atoms with E-state index in [1.165, 1.54) is 25.7 Å². The van der Waals surface area contributed by atoms with Crippen molar-refractivity contribution >= 4 is 0 Å². The van der Waals surface area contributed by atoms with Crippen LogP contribution in [0.15, 0.2) is 0 Å². The number of hydrogen-bond donors (Lipinski definition) is 1. The van der Waals surface area contributed by atoms with Gasteiger partial charge >= 0.3 is 0 Å². The van der Waals surface area contributed by atoms with Gasteiger partial charge in [0, 0.05) is 5.41 Å². The molecule has 1 heteroatoms. The highest BCUT2D eigenvalue weighted by molar-refractivity contribution is 5.08. The zero-order valence-corrected chi connectivity index (χ0v) is 9.14. The first-order chi connectivity index (χ1) is 6.02. The van der Waals surface area contributed by atoms with Crippen LogP contribution >= 0.6 is 0 Å². The fourth-order valence-corrected chi connectivity index (χ4v) is 2.96. The van der Waals surface area contributed by atoms with E-state index in [4.69, 9.17) is 0 Å². The van der Waals surface area contributed by atoms with Gasteiger partial charge in [-0.25, -0.2) is 0 Å². The van der Waals surface area contributed by atoms with E-state index in [0.717, 1.165) is 18.3 Å². The van der Waals surface area contributed by atoms with Gasteiger partial charge in [-0.3, -0.25) is 0 Å². The summed E-state index contributed by atoms with van der Waals surface area (Å²) < 4.78 is 0. The molecule has 0 aromatic carbocycles. The van der Waals surface area contributed by atoms with Gasteiger partial charge in [0.25, 0.3) is 0 Å². The topological polar surface area (TPSA) is 20.2 Å². The third kappa shape index (κ3) is 1.32. The molecule has 76 valence electrons. The zero-order chi connectivity index (χ0) is 9.69. The predicted molar refractivity (Wildman–Crippen MR) is 54.5 cm³/mol. The molecule has 2 saturated carbocycles. The van der Waals surface area contributed by atoms with E-state index in [0.29, 0.717) is 0 Å². The quantitative estimate of drug-likeness (QED) is 0.708. The molecule has 0 radical (unpaired) electrons. The number of hydrogen-bond acceptors (Lipinski definition) is 1. The summed E-state index contributed by atoms with van der Waals surface area (Å²) in [6.45, 7) is 6.48. The molecule has 0 heterocycles. The Morgan fingerprint density at radius 2 is 1.46 bits per heavy atom. The first-order valence-electron chi connectivity index (χ1n) is 5.74. The second kappa shape index (κ2) is 2.73. The molecule has 0 aliphatic heterocycles. The summed E-state index contributed by atoms with van der Waals surface area (Å²) in [5.41, 5.74) is -0.211. The lowest BCUT2D eigenvalue weighted by molar-refractivity contribution is -0.0899. The lowest BCUT2D eigenvalue weighted by Gasteiger charge is -2.43. The Hall–Kier alpha value is -0.0400. The summed E-state index contributed by atoms with van der Waals surface area (Å²) in [5, 5.41) is 10.5. The standard InChI is InChI=1S/C12H22O/c1-4-11(2,13)12(3,9-5-6-9)10-7-8-10/h9-10,13H,4-8H2,1-3H3. The van der Waals surface area contributed by atoms with Gasteiger partial charge in [0.15, 0.2) is 0 Å². The van der Waals surface area contributed by atoms with Crippen molar-refractivity contribution < 1.29 is 5.11 Å². The molecule has 0 aromatic rings. The Labute approximate surface area is 81.5 Å². The van der Waals surface area contributed by atoms with Crippen molar-refractivity contribution in [1.82, 2.24) is 0 Å². The van der Waals surface area contributed by atoms with Crippen LogP contribution in [0.3, 0.4) is 0 Å². The van der Waals surface area contributed by atoms with Crippen LogP contribution < -0.4 is 0 Å². The van der Waals surface area contributed by atoms with Gasteiger partial charge in [0.05, 0.1) is 5.60 Å². The van der Waals surface area contributed by atoms with E-state index in [-0.39, 0.29) is 5.41 Å². The van der Waals surface area contributed by atoms with E-state index >= 15 is 0 Å². The van der Waals surface area contributed by atoms with Crippen LogP contribution in [-0.2, 0) is 0 Å². The van der Waals surface area contributed by atoms with Gasteiger partial charge < -0.3 is 5.11 Å². The molecule has 1 nitrogen and oxygen atoms in total. The Morgan fingerprint density at radius 3 is 1.69 bits per heavy atom. The maximum absolute atomic E-state index is 10.5. The molecule has 2 fully saturated rings. The minimum absolute atomic E-state index is 0.224. The Morgan fingerprint density at radius 1 is 1.08 bits per heavy atom. The Balaban J connectivity index is 2.20. The van der Waals surface area contributed by atoms with Crippen LogP contribution in [0.2, 0.25) is 0 Å². The molecule has 0 saturated heterocycles. The molecule has 1 N–H and O–H groups in total. The second-order valence-corrected chi connectivity index (χ2v) is 5.46. The molecule has 1 atom stereocenters. The van der Waals surface area contributed by atoms with Crippen LogP contribution in [0.4, 0.5) is 0 Å². The van der Waals surface area contributed by atoms with E-state index in [9.17, 15) is 5.11 Å². The fourth-order valence-electron chi connectivity index (χ4n) is 2.96. The number of rotatable bonds is 4. The average Bonchev–Trinajstić information content (AvgIpc) is 2.89. The van der Waals surface area contributed by atoms with Gasteiger partial charge in [-0.05, 0) is 50.9 Å². The summed E-state index contributed by atoms with van der Waals surface area (Å²) >= 11 is 0. The monoisotopic (exact) mass is 182 g/mol. The molecule has 2 rings (SSSR count). The lowest BCUT2D eigenvalue weighted by Crippen LogP contribution is -2.46. The van der Waals surface area contributed by atoms with Crippen molar-refractivity contribution in [3.63, 3.8) is 0 Å². The molecule has 1 unspecified atom stereocenters. The fraction of sp³-hybridized carbons (Fsp3) is 1.00. The highest BCUT2D eigenvalue weighted by Crippen LogP contribution is 2.63. The van der Waals surface area contributed by atoms with E-state index in [1.54, 1.807) is 0 Å². The SMILES string of the molecule is CCC(C)(O)C(C)(C1CC1)C1CC1. The molecule has 0 amide bonds. The summed E-state index contributed by atoms with van der Waals surface area (Å²) in [4.78, 5) is 0. The van der Waals surface area contributed by atoms with Crippen molar-refractivity contribution in [2.75, 3.05) is 0 Å². The number of aliphatic hydroxyl groups is 1. The van der Waals surface area contributed by atoms with Crippen LogP contribution in [-0.4, -0.2) is 10.7 Å². The molecule has 0 aromatic heterocycles. The molecule has 0 bridgehead atoms. The highest BCUT2D eigenvalue weighted by Gasteiger charge is 2.58. The largest absolute Gasteiger partial charge is 0.390 e. The molecule has 0 spiro atoms. The van der Waals surface area contributed by atoms with E-state index < -0.39 is 5.60 Å². The first-order valence-corrected chi connectivity index (χ1v) is 5.74. The van der Waals surface area contributed by atoms with Crippen LogP contribution in [0.25, 0.3) is 0 Å². The third-order valence-corrected chi connectivity index (χ3v) is 4.70. The first kappa shape index (κ1) is 9.51. The van der Waals surface area contributed by atoms with Crippen LogP contribution in [0.5, 0.6) is 0 Å². The lowest BCUT2D eigenvalue weighted by atomic mass is 9.66. The van der Waals surface area contributed by atoms with E-state index in [2.05, 4.69) is 13.8 Å². The van der Waals surface area contributed by atoms with Gasteiger partial charge in [-0.1, -0.05) is 13.8 Å². The molecule has 13 heavy (non-hydrogen) atoms. The van der Waals surface area contributed by atoms with Crippen molar-refractivity contribution in [2.45, 2.75) is 58.5 Å². The normalized spacial score (nSPS) is 28.6. The van der Waals surface area contributed by atoms with Crippen molar-refractivity contribution in [1.29, 1.82) is 0 Å². The van der Waals surface area contributed by atoms with E-state index in [1.807, 2.05) is 6.92 Å².